The number of methoxy groups -OCH3 is 1. The number of anilines is 1. The Labute approximate surface area is 65.3 Å². The van der Waals surface area contributed by atoms with Crippen LogP contribution in [0.5, 0.6) is 0 Å². The van der Waals surface area contributed by atoms with Crippen molar-refractivity contribution in [2.45, 2.75) is 0 Å². The zero-order valence-corrected chi connectivity index (χ0v) is 6.29. The Hall–Kier alpha value is -1.51. The molecule has 0 heterocycles. The van der Waals surface area contributed by atoms with Gasteiger partial charge in [0.05, 0.1) is 7.11 Å². The molecular weight excluding hydrogens is 140 g/mol. The van der Waals surface area contributed by atoms with Crippen LogP contribution < -0.4 is 5.73 Å². The lowest BCUT2D eigenvalue weighted by molar-refractivity contribution is 0.401. The first-order valence-corrected chi connectivity index (χ1v) is 3.22. The van der Waals surface area contributed by atoms with Crippen molar-refractivity contribution in [3.63, 3.8) is 0 Å². The Morgan fingerprint density at radius 3 is 2.82 bits per heavy atom. The van der Waals surface area contributed by atoms with E-state index in [1.165, 1.54) is 7.11 Å². The van der Waals surface area contributed by atoms with Gasteiger partial charge in [-0.1, -0.05) is 6.07 Å². The van der Waals surface area contributed by atoms with Crippen LogP contribution in [0.1, 0.15) is 5.56 Å². The van der Waals surface area contributed by atoms with E-state index >= 15 is 0 Å². The van der Waals surface area contributed by atoms with Crippen LogP contribution >= 0.6 is 0 Å². The lowest BCUT2D eigenvalue weighted by Crippen LogP contribution is -2.01. The maximum Gasteiger partial charge on any atom is 0.212 e. The Kier molecular flexibility index (Phi) is 2.11. The fourth-order valence-electron chi connectivity index (χ4n) is 0.798. The van der Waals surface area contributed by atoms with Gasteiger partial charge in [-0.2, -0.15) is 0 Å². The molecule has 1 rings (SSSR count). The standard InChI is InChI=1S/C8H10N2O/c1-11-8(10)6-3-2-4-7(9)5-6/h2-5,10H,9H2,1H3. The number of hydrogen-bond acceptors (Lipinski definition) is 3. The fourth-order valence-corrected chi connectivity index (χ4v) is 0.798. The normalized spacial score (nSPS) is 9.18. The van der Waals surface area contributed by atoms with Crippen LogP contribution in [0.4, 0.5) is 5.69 Å². The van der Waals surface area contributed by atoms with Gasteiger partial charge in [0, 0.05) is 11.3 Å². The summed E-state index contributed by atoms with van der Waals surface area (Å²) in [6.45, 7) is 0. The Morgan fingerprint density at radius 2 is 2.27 bits per heavy atom. The molecule has 0 atom stereocenters. The zero-order chi connectivity index (χ0) is 8.27. The molecule has 0 aliphatic heterocycles. The van der Waals surface area contributed by atoms with Crippen LogP contribution in [0.25, 0.3) is 0 Å². The highest BCUT2D eigenvalue weighted by Crippen LogP contribution is 2.06. The Balaban J connectivity index is 2.96. The van der Waals surface area contributed by atoms with E-state index in [9.17, 15) is 0 Å². The first kappa shape index (κ1) is 7.60. The summed E-state index contributed by atoms with van der Waals surface area (Å²) in [6, 6.07) is 7.04. The second kappa shape index (κ2) is 3.05. The van der Waals surface area contributed by atoms with E-state index in [-0.39, 0.29) is 5.90 Å². The second-order valence-corrected chi connectivity index (χ2v) is 2.16. The van der Waals surface area contributed by atoms with Gasteiger partial charge in [-0.25, -0.2) is 0 Å². The third kappa shape index (κ3) is 1.70. The SMILES string of the molecule is COC(=N)c1cccc(N)c1. The molecule has 0 aliphatic carbocycles. The third-order valence-electron chi connectivity index (χ3n) is 1.35. The minimum absolute atomic E-state index is 0.136. The zero-order valence-electron chi connectivity index (χ0n) is 6.29. The minimum atomic E-state index is 0.136. The van der Waals surface area contributed by atoms with Crippen LogP contribution in [0, 0.1) is 5.41 Å². The second-order valence-electron chi connectivity index (χ2n) is 2.16. The molecule has 0 unspecified atom stereocenters. The topological polar surface area (TPSA) is 59.1 Å². The van der Waals surface area contributed by atoms with Crippen molar-refractivity contribution >= 4 is 11.6 Å². The average Bonchev–Trinajstić information content (AvgIpc) is 2.03. The van der Waals surface area contributed by atoms with E-state index in [2.05, 4.69) is 0 Å². The highest BCUT2D eigenvalue weighted by molar-refractivity contribution is 5.92. The smallest absolute Gasteiger partial charge is 0.212 e. The Bertz CT molecular complexity index is 271. The summed E-state index contributed by atoms with van der Waals surface area (Å²) in [5.74, 6) is 0.136. The molecule has 1 aromatic rings. The molecule has 0 saturated heterocycles. The van der Waals surface area contributed by atoms with E-state index in [0.717, 1.165) is 0 Å². The van der Waals surface area contributed by atoms with Crippen LogP contribution in [-0.4, -0.2) is 13.0 Å². The minimum Gasteiger partial charge on any atom is -0.481 e. The van der Waals surface area contributed by atoms with Crippen molar-refractivity contribution in [2.24, 2.45) is 0 Å². The fraction of sp³-hybridized carbons (Fsp3) is 0.125. The molecule has 3 nitrogen and oxygen atoms in total. The largest absolute Gasteiger partial charge is 0.481 e. The summed E-state index contributed by atoms with van der Waals surface area (Å²) < 4.78 is 4.72. The first-order chi connectivity index (χ1) is 5.24. The van der Waals surface area contributed by atoms with E-state index < -0.39 is 0 Å². The maximum absolute atomic E-state index is 7.30. The van der Waals surface area contributed by atoms with Crippen LogP contribution in [0.3, 0.4) is 0 Å². The summed E-state index contributed by atoms with van der Waals surface area (Å²) in [7, 11) is 1.46. The first-order valence-electron chi connectivity index (χ1n) is 3.22. The molecule has 0 saturated carbocycles. The van der Waals surface area contributed by atoms with Crippen molar-refractivity contribution in [3.8, 4) is 0 Å². The van der Waals surface area contributed by atoms with E-state index in [0.29, 0.717) is 11.3 Å². The van der Waals surface area contributed by atoms with Crippen molar-refractivity contribution in [1.82, 2.24) is 0 Å². The molecule has 0 spiro atoms. The summed E-state index contributed by atoms with van der Waals surface area (Å²) in [6.07, 6.45) is 0. The lowest BCUT2D eigenvalue weighted by Gasteiger charge is -2.01. The molecule has 0 aliphatic rings. The molecule has 58 valence electrons. The number of ether oxygens (including phenoxy) is 1. The van der Waals surface area contributed by atoms with Gasteiger partial charge >= 0.3 is 0 Å². The third-order valence-corrected chi connectivity index (χ3v) is 1.35. The van der Waals surface area contributed by atoms with E-state index in [1.54, 1.807) is 24.3 Å². The molecule has 0 amide bonds. The lowest BCUT2D eigenvalue weighted by atomic mass is 10.2. The number of nitrogen functional groups attached to an aromatic ring is 1. The highest BCUT2D eigenvalue weighted by atomic mass is 16.5. The maximum atomic E-state index is 7.30. The van der Waals surface area contributed by atoms with Crippen LogP contribution in [-0.2, 0) is 4.74 Å². The highest BCUT2D eigenvalue weighted by Gasteiger charge is 1.98. The molecule has 3 heteroatoms. The van der Waals surface area contributed by atoms with Crippen LogP contribution in [0.15, 0.2) is 24.3 Å². The summed E-state index contributed by atoms with van der Waals surface area (Å²) >= 11 is 0. The van der Waals surface area contributed by atoms with Gasteiger partial charge in [0.2, 0.25) is 5.90 Å². The van der Waals surface area contributed by atoms with Gasteiger partial charge in [0.1, 0.15) is 0 Å². The Morgan fingerprint density at radius 1 is 1.55 bits per heavy atom. The summed E-state index contributed by atoms with van der Waals surface area (Å²) in [5, 5.41) is 7.30. The molecule has 3 N–H and O–H groups in total. The van der Waals surface area contributed by atoms with Crippen molar-refractivity contribution in [2.75, 3.05) is 12.8 Å². The van der Waals surface area contributed by atoms with Gasteiger partial charge in [-0.05, 0) is 18.2 Å². The number of nitrogens with one attached hydrogen (secondary N) is 1. The van der Waals surface area contributed by atoms with Gasteiger partial charge in [-0.15, -0.1) is 0 Å². The molecule has 0 aromatic heterocycles. The number of benzene rings is 1. The molecule has 1 aromatic carbocycles. The number of nitrogens with two attached hydrogens (primary N) is 1. The van der Waals surface area contributed by atoms with Crippen LogP contribution in [0.2, 0.25) is 0 Å². The molecule has 0 radical (unpaired) electrons. The molecule has 0 bridgehead atoms. The van der Waals surface area contributed by atoms with E-state index in [1.807, 2.05) is 0 Å². The van der Waals surface area contributed by atoms with Gasteiger partial charge in [0.15, 0.2) is 0 Å². The average molecular weight is 150 g/mol. The summed E-state index contributed by atoms with van der Waals surface area (Å²) in [5.41, 5.74) is 6.84. The van der Waals surface area contributed by atoms with Crippen molar-refractivity contribution in [3.05, 3.63) is 29.8 Å². The predicted octanol–water partition coefficient (Wildman–Crippen LogP) is 1.24. The number of rotatable bonds is 1. The predicted molar refractivity (Wildman–Crippen MR) is 44.7 cm³/mol. The van der Waals surface area contributed by atoms with E-state index in [4.69, 9.17) is 15.9 Å². The van der Waals surface area contributed by atoms with Gasteiger partial charge < -0.3 is 10.5 Å². The molecular formula is C8H10N2O. The monoisotopic (exact) mass is 150 g/mol. The van der Waals surface area contributed by atoms with Crippen molar-refractivity contribution < 1.29 is 4.74 Å². The quantitative estimate of drug-likeness (QED) is 0.359. The molecule has 0 fully saturated rings. The summed E-state index contributed by atoms with van der Waals surface area (Å²) in [4.78, 5) is 0. The molecule has 11 heavy (non-hydrogen) atoms. The van der Waals surface area contributed by atoms with Gasteiger partial charge in [0.25, 0.3) is 0 Å². The number of hydrogen-bond donors (Lipinski definition) is 2. The van der Waals surface area contributed by atoms with Crippen molar-refractivity contribution in [1.29, 1.82) is 5.41 Å². The van der Waals surface area contributed by atoms with Gasteiger partial charge in [-0.3, -0.25) is 5.41 Å².